The molecule has 104 valence electrons. The first-order chi connectivity index (χ1) is 9.69. The summed E-state index contributed by atoms with van der Waals surface area (Å²) >= 11 is 0. The first-order valence-electron chi connectivity index (χ1n) is 6.87. The van der Waals surface area contributed by atoms with Gasteiger partial charge in [0.25, 0.3) is 0 Å². The van der Waals surface area contributed by atoms with Crippen LogP contribution in [0.15, 0.2) is 42.5 Å². The van der Waals surface area contributed by atoms with Gasteiger partial charge in [-0.3, -0.25) is 4.79 Å². The van der Waals surface area contributed by atoms with Gasteiger partial charge in [-0.2, -0.15) is 0 Å². The van der Waals surface area contributed by atoms with Crippen molar-refractivity contribution in [3.63, 3.8) is 0 Å². The van der Waals surface area contributed by atoms with E-state index in [1.54, 1.807) is 0 Å². The number of ether oxygens (including phenoxy) is 1. The molecule has 3 N–H and O–H groups in total. The van der Waals surface area contributed by atoms with Crippen LogP contribution in [0.1, 0.15) is 12.8 Å². The minimum Gasteiger partial charge on any atom is -0.491 e. The predicted molar refractivity (Wildman–Crippen MR) is 78.6 cm³/mol. The summed E-state index contributed by atoms with van der Waals surface area (Å²) in [5.41, 5.74) is 5.19. The summed E-state index contributed by atoms with van der Waals surface area (Å²) in [7, 11) is 0. The highest BCUT2D eigenvalue weighted by Gasteiger charge is 2.45. The van der Waals surface area contributed by atoms with E-state index in [-0.39, 0.29) is 5.91 Å². The maximum atomic E-state index is 11.7. The van der Waals surface area contributed by atoms with E-state index in [9.17, 15) is 4.79 Å². The van der Waals surface area contributed by atoms with E-state index in [2.05, 4.69) is 17.4 Å². The van der Waals surface area contributed by atoms with Crippen LogP contribution in [-0.2, 0) is 4.79 Å². The number of hydrogen-bond donors (Lipinski definition) is 2. The van der Waals surface area contributed by atoms with Gasteiger partial charge >= 0.3 is 0 Å². The SMILES string of the molecule is NC1(C(=O)NCCOc2cccc3ccccc23)CC1. The van der Waals surface area contributed by atoms with Gasteiger partial charge in [0.2, 0.25) is 5.91 Å². The zero-order valence-electron chi connectivity index (χ0n) is 11.3. The Kier molecular flexibility index (Phi) is 3.32. The van der Waals surface area contributed by atoms with Crippen LogP contribution in [0.2, 0.25) is 0 Å². The van der Waals surface area contributed by atoms with Gasteiger partial charge in [-0.1, -0.05) is 36.4 Å². The van der Waals surface area contributed by atoms with Gasteiger partial charge in [0.15, 0.2) is 0 Å². The maximum absolute atomic E-state index is 11.7. The number of nitrogens with two attached hydrogens (primary N) is 1. The average Bonchev–Trinajstić information content (AvgIpc) is 3.23. The first-order valence-corrected chi connectivity index (χ1v) is 6.87. The van der Waals surface area contributed by atoms with Crippen molar-refractivity contribution in [3.8, 4) is 5.75 Å². The van der Waals surface area contributed by atoms with Crippen molar-refractivity contribution in [1.29, 1.82) is 0 Å². The first kappa shape index (κ1) is 12.9. The molecule has 0 aliphatic heterocycles. The molecule has 1 amide bonds. The molecule has 1 saturated carbocycles. The summed E-state index contributed by atoms with van der Waals surface area (Å²) in [5, 5.41) is 5.04. The Morgan fingerprint density at radius 1 is 1.20 bits per heavy atom. The largest absolute Gasteiger partial charge is 0.491 e. The van der Waals surface area contributed by atoms with Crippen molar-refractivity contribution in [1.82, 2.24) is 5.32 Å². The van der Waals surface area contributed by atoms with E-state index in [4.69, 9.17) is 10.5 Å². The Morgan fingerprint density at radius 3 is 2.75 bits per heavy atom. The molecule has 4 nitrogen and oxygen atoms in total. The number of fused-ring (bicyclic) bond motifs is 1. The Morgan fingerprint density at radius 2 is 1.95 bits per heavy atom. The van der Waals surface area contributed by atoms with Crippen LogP contribution in [0, 0.1) is 0 Å². The Bertz CT molecular complexity index is 630. The van der Waals surface area contributed by atoms with E-state index in [0.29, 0.717) is 13.2 Å². The fourth-order valence-corrected chi connectivity index (χ4v) is 2.18. The fraction of sp³-hybridized carbons (Fsp3) is 0.312. The summed E-state index contributed by atoms with van der Waals surface area (Å²) in [5.74, 6) is 0.769. The summed E-state index contributed by atoms with van der Waals surface area (Å²) in [6, 6.07) is 14.0. The second-order valence-corrected chi connectivity index (χ2v) is 5.24. The molecule has 2 aromatic rings. The van der Waals surface area contributed by atoms with Crippen molar-refractivity contribution in [2.75, 3.05) is 13.2 Å². The zero-order chi connectivity index (χ0) is 14.0. The molecule has 2 aromatic carbocycles. The second kappa shape index (κ2) is 5.13. The van der Waals surface area contributed by atoms with E-state index in [0.717, 1.165) is 29.4 Å². The van der Waals surface area contributed by atoms with Crippen molar-refractivity contribution in [2.24, 2.45) is 5.73 Å². The van der Waals surface area contributed by atoms with Crippen LogP contribution in [0.4, 0.5) is 0 Å². The van der Waals surface area contributed by atoms with Crippen LogP contribution in [0.5, 0.6) is 5.75 Å². The number of carbonyl (C=O) groups excluding carboxylic acids is 1. The van der Waals surface area contributed by atoms with Crippen LogP contribution in [0.3, 0.4) is 0 Å². The van der Waals surface area contributed by atoms with Crippen LogP contribution in [0.25, 0.3) is 10.8 Å². The van der Waals surface area contributed by atoms with Gasteiger partial charge in [-0.05, 0) is 24.3 Å². The Labute approximate surface area is 117 Å². The number of carbonyl (C=O) groups is 1. The minimum absolute atomic E-state index is 0.0704. The molecule has 3 rings (SSSR count). The highest BCUT2D eigenvalue weighted by molar-refractivity contribution is 5.89. The molecular formula is C16H18N2O2. The molecule has 0 saturated heterocycles. The van der Waals surface area contributed by atoms with Gasteiger partial charge in [0.1, 0.15) is 12.4 Å². The molecule has 1 aliphatic carbocycles. The summed E-state index contributed by atoms with van der Waals surface area (Å²) in [6.45, 7) is 0.914. The number of amides is 1. The molecular weight excluding hydrogens is 252 g/mol. The molecule has 0 atom stereocenters. The van der Waals surface area contributed by atoms with Crippen molar-refractivity contribution < 1.29 is 9.53 Å². The third-order valence-corrected chi connectivity index (χ3v) is 3.64. The third-order valence-electron chi connectivity index (χ3n) is 3.64. The number of rotatable bonds is 5. The number of benzene rings is 2. The molecule has 0 radical (unpaired) electrons. The highest BCUT2D eigenvalue weighted by Crippen LogP contribution is 2.32. The molecule has 0 spiro atoms. The van der Waals surface area contributed by atoms with Gasteiger partial charge in [-0.25, -0.2) is 0 Å². The van der Waals surface area contributed by atoms with E-state index in [1.165, 1.54) is 0 Å². The molecule has 20 heavy (non-hydrogen) atoms. The van der Waals surface area contributed by atoms with E-state index >= 15 is 0 Å². The fourth-order valence-electron chi connectivity index (χ4n) is 2.18. The lowest BCUT2D eigenvalue weighted by Gasteiger charge is -2.12. The van der Waals surface area contributed by atoms with Crippen molar-refractivity contribution >= 4 is 16.7 Å². The molecule has 0 aromatic heterocycles. The smallest absolute Gasteiger partial charge is 0.240 e. The summed E-state index contributed by atoms with van der Waals surface area (Å²) < 4.78 is 5.75. The summed E-state index contributed by atoms with van der Waals surface area (Å²) in [4.78, 5) is 11.7. The summed E-state index contributed by atoms with van der Waals surface area (Å²) in [6.07, 6.45) is 1.56. The van der Waals surface area contributed by atoms with Gasteiger partial charge in [-0.15, -0.1) is 0 Å². The lowest BCUT2D eigenvalue weighted by molar-refractivity contribution is -0.123. The van der Waals surface area contributed by atoms with Crippen molar-refractivity contribution in [2.45, 2.75) is 18.4 Å². The average molecular weight is 270 g/mol. The van der Waals surface area contributed by atoms with E-state index in [1.807, 2.05) is 30.3 Å². The molecule has 1 aliphatic rings. The topological polar surface area (TPSA) is 64.4 Å². The lowest BCUT2D eigenvalue weighted by atomic mass is 10.1. The van der Waals surface area contributed by atoms with Gasteiger partial charge in [0, 0.05) is 5.39 Å². The third kappa shape index (κ3) is 2.60. The quantitative estimate of drug-likeness (QED) is 0.815. The lowest BCUT2D eigenvalue weighted by Crippen LogP contribution is -2.44. The monoisotopic (exact) mass is 270 g/mol. The minimum atomic E-state index is -0.612. The number of nitrogens with one attached hydrogen (secondary N) is 1. The predicted octanol–water partition coefficient (Wildman–Crippen LogP) is 1.83. The zero-order valence-corrected chi connectivity index (χ0v) is 11.3. The molecule has 0 heterocycles. The van der Waals surface area contributed by atoms with Crippen molar-refractivity contribution in [3.05, 3.63) is 42.5 Å². The highest BCUT2D eigenvalue weighted by atomic mass is 16.5. The van der Waals surface area contributed by atoms with Crippen LogP contribution >= 0.6 is 0 Å². The molecule has 1 fully saturated rings. The van der Waals surface area contributed by atoms with Gasteiger partial charge < -0.3 is 15.8 Å². The number of hydrogen-bond acceptors (Lipinski definition) is 3. The normalized spacial score (nSPS) is 15.8. The van der Waals surface area contributed by atoms with E-state index < -0.39 is 5.54 Å². The van der Waals surface area contributed by atoms with Gasteiger partial charge in [0.05, 0.1) is 12.1 Å². The molecule has 4 heteroatoms. The van der Waals surface area contributed by atoms with Crippen LogP contribution in [-0.4, -0.2) is 24.6 Å². The second-order valence-electron chi connectivity index (χ2n) is 5.24. The molecule has 0 bridgehead atoms. The Hall–Kier alpha value is -2.07. The van der Waals surface area contributed by atoms with Crippen LogP contribution < -0.4 is 15.8 Å². The maximum Gasteiger partial charge on any atom is 0.240 e. The Balaban J connectivity index is 1.56. The standard InChI is InChI=1S/C16H18N2O2/c17-16(8-9-16)15(19)18-10-11-20-14-7-3-5-12-4-1-2-6-13(12)14/h1-7H,8-11,17H2,(H,18,19). The molecule has 0 unspecified atom stereocenters.